The first kappa shape index (κ1) is 19.8. The lowest BCUT2D eigenvalue weighted by molar-refractivity contribution is -0.118. The SMILES string of the molecule is CCOc1ccc(CN2CCC3(CC2)CC3C(=O)Nc2ccccc2OC)cc1. The molecule has 2 fully saturated rings. The fourth-order valence-corrected chi connectivity index (χ4v) is 4.51. The Kier molecular flexibility index (Phi) is 5.76. The first-order valence-electron chi connectivity index (χ1n) is 10.5. The van der Waals surface area contributed by atoms with Crippen molar-refractivity contribution in [2.24, 2.45) is 11.3 Å². The van der Waals surface area contributed by atoms with Crippen molar-refractivity contribution in [3.63, 3.8) is 0 Å². The molecule has 1 aliphatic heterocycles. The van der Waals surface area contributed by atoms with Crippen LogP contribution in [0.2, 0.25) is 0 Å². The Labute approximate surface area is 173 Å². The summed E-state index contributed by atoms with van der Waals surface area (Å²) in [6.45, 7) is 5.75. The number of piperidine rings is 1. The number of nitrogens with zero attached hydrogens (tertiary/aromatic N) is 1. The minimum atomic E-state index is 0.125. The third-order valence-corrected chi connectivity index (χ3v) is 6.36. The third kappa shape index (κ3) is 4.40. The molecule has 4 rings (SSSR count). The predicted molar refractivity (Wildman–Crippen MR) is 114 cm³/mol. The Hall–Kier alpha value is -2.53. The second-order valence-electron chi connectivity index (χ2n) is 8.16. The first-order chi connectivity index (χ1) is 14.1. The highest BCUT2D eigenvalue weighted by Crippen LogP contribution is 2.59. The summed E-state index contributed by atoms with van der Waals surface area (Å²) in [6, 6.07) is 16.0. The second kappa shape index (κ2) is 8.46. The molecular formula is C24H30N2O3. The van der Waals surface area contributed by atoms with Crippen molar-refractivity contribution in [2.75, 3.05) is 32.1 Å². The molecule has 29 heavy (non-hydrogen) atoms. The molecule has 5 nitrogen and oxygen atoms in total. The quantitative estimate of drug-likeness (QED) is 0.759. The number of rotatable bonds is 7. The van der Waals surface area contributed by atoms with Gasteiger partial charge in [0.15, 0.2) is 0 Å². The fraction of sp³-hybridized carbons (Fsp3) is 0.458. The van der Waals surface area contributed by atoms with Gasteiger partial charge in [-0.2, -0.15) is 0 Å². The van der Waals surface area contributed by atoms with Gasteiger partial charge in [-0.05, 0) is 74.5 Å². The Morgan fingerprint density at radius 1 is 1.14 bits per heavy atom. The predicted octanol–water partition coefficient (Wildman–Crippen LogP) is 4.33. The molecule has 1 saturated carbocycles. The maximum absolute atomic E-state index is 12.8. The average Bonchev–Trinajstić information content (AvgIpc) is 3.45. The highest BCUT2D eigenvalue weighted by molar-refractivity contribution is 5.96. The van der Waals surface area contributed by atoms with Gasteiger partial charge in [-0.25, -0.2) is 0 Å². The number of ether oxygens (including phenoxy) is 2. The number of nitrogens with one attached hydrogen (secondary N) is 1. The van der Waals surface area contributed by atoms with Gasteiger partial charge in [-0.15, -0.1) is 0 Å². The molecule has 1 N–H and O–H groups in total. The highest BCUT2D eigenvalue weighted by Gasteiger charge is 2.58. The van der Waals surface area contributed by atoms with Crippen molar-refractivity contribution < 1.29 is 14.3 Å². The minimum Gasteiger partial charge on any atom is -0.495 e. The molecule has 1 saturated heterocycles. The van der Waals surface area contributed by atoms with Crippen LogP contribution in [0.1, 0.15) is 31.7 Å². The van der Waals surface area contributed by atoms with Crippen LogP contribution in [0.3, 0.4) is 0 Å². The summed E-state index contributed by atoms with van der Waals surface area (Å²) in [4.78, 5) is 15.3. The molecule has 0 aromatic heterocycles. The van der Waals surface area contributed by atoms with Crippen molar-refractivity contribution >= 4 is 11.6 Å². The smallest absolute Gasteiger partial charge is 0.228 e. The lowest BCUT2D eigenvalue weighted by atomic mass is 9.90. The van der Waals surface area contributed by atoms with E-state index in [1.165, 1.54) is 5.56 Å². The standard InChI is InChI=1S/C24H30N2O3/c1-3-29-19-10-8-18(9-11-19)17-26-14-12-24(13-15-26)16-20(24)23(27)25-21-6-4-5-7-22(21)28-2/h4-11,20H,3,12-17H2,1-2H3,(H,25,27). The van der Waals surface area contributed by atoms with Gasteiger partial charge in [0.1, 0.15) is 11.5 Å². The molecule has 1 amide bonds. The van der Waals surface area contributed by atoms with Crippen LogP contribution >= 0.6 is 0 Å². The molecular weight excluding hydrogens is 364 g/mol. The van der Waals surface area contributed by atoms with Crippen LogP contribution in [0.15, 0.2) is 48.5 Å². The topological polar surface area (TPSA) is 50.8 Å². The van der Waals surface area contributed by atoms with E-state index in [1.54, 1.807) is 7.11 Å². The van der Waals surface area contributed by atoms with Crippen LogP contribution in [0, 0.1) is 11.3 Å². The summed E-state index contributed by atoms with van der Waals surface area (Å²) < 4.78 is 10.9. The third-order valence-electron chi connectivity index (χ3n) is 6.36. The zero-order valence-electron chi connectivity index (χ0n) is 17.3. The summed E-state index contributed by atoms with van der Waals surface area (Å²) >= 11 is 0. The minimum absolute atomic E-state index is 0.125. The number of para-hydroxylation sites is 2. The van der Waals surface area contributed by atoms with Gasteiger partial charge in [-0.1, -0.05) is 24.3 Å². The second-order valence-corrected chi connectivity index (χ2v) is 8.16. The molecule has 1 spiro atoms. The lowest BCUT2D eigenvalue weighted by Gasteiger charge is -2.32. The molecule has 2 aromatic carbocycles. The maximum Gasteiger partial charge on any atom is 0.228 e. The van der Waals surface area contributed by atoms with Gasteiger partial charge in [0.25, 0.3) is 0 Å². The van der Waals surface area contributed by atoms with E-state index >= 15 is 0 Å². The zero-order chi connectivity index (χ0) is 20.3. The number of methoxy groups -OCH3 is 1. The van der Waals surface area contributed by atoms with E-state index in [0.717, 1.165) is 50.3 Å². The van der Waals surface area contributed by atoms with Crippen LogP contribution in [0.25, 0.3) is 0 Å². The van der Waals surface area contributed by atoms with Gasteiger partial charge < -0.3 is 14.8 Å². The largest absolute Gasteiger partial charge is 0.495 e. The Morgan fingerprint density at radius 3 is 2.55 bits per heavy atom. The lowest BCUT2D eigenvalue weighted by Crippen LogP contribution is -2.35. The number of hydrogen-bond donors (Lipinski definition) is 1. The van der Waals surface area contributed by atoms with E-state index in [2.05, 4.69) is 22.3 Å². The maximum atomic E-state index is 12.8. The van der Waals surface area contributed by atoms with Gasteiger partial charge in [0, 0.05) is 12.5 Å². The number of anilines is 1. The molecule has 154 valence electrons. The normalized spacial score (nSPS) is 20.3. The van der Waals surface area contributed by atoms with Gasteiger partial charge in [0.05, 0.1) is 19.4 Å². The number of likely N-dealkylation sites (tertiary alicyclic amines) is 1. The summed E-state index contributed by atoms with van der Waals surface area (Å²) in [5.74, 6) is 1.89. The highest BCUT2D eigenvalue weighted by atomic mass is 16.5. The van der Waals surface area contributed by atoms with E-state index in [1.807, 2.05) is 43.3 Å². The number of hydrogen-bond acceptors (Lipinski definition) is 4. The summed E-state index contributed by atoms with van der Waals surface area (Å²) in [5, 5.41) is 3.07. The Morgan fingerprint density at radius 2 is 1.86 bits per heavy atom. The molecule has 1 unspecified atom stereocenters. The molecule has 2 aliphatic rings. The fourth-order valence-electron chi connectivity index (χ4n) is 4.51. The number of carbonyl (C=O) groups is 1. The van der Waals surface area contributed by atoms with Gasteiger partial charge >= 0.3 is 0 Å². The van der Waals surface area contributed by atoms with Crippen LogP contribution in [-0.4, -0.2) is 37.6 Å². The average molecular weight is 395 g/mol. The van der Waals surface area contributed by atoms with E-state index in [9.17, 15) is 4.79 Å². The van der Waals surface area contributed by atoms with Crippen LogP contribution in [0.5, 0.6) is 11.5 Å². The Balaban J connectivity index is 1.28. The van der Waals surface area contributed by atoms with Crippen molar-refractivity contribution in [3.05, 3.63) is 54.1 Å². The zero-order valence-corrected chi connectivity index (χ0v) is 17.3. The Bertz CT molecular complexity index is 841. The van der Waals surface area contributed by atoms with Crippen molar-refractivity contribution in [1.29, 1.82) is 0 Å². The molecule has 1 atom stereocenters. The van der Waals surface area contributed by atoms with Gasteiger partial charge in [-0.3, -0.25) is 9.69 Å². The molecule has 5 heteroatoms. The number of amides is 1. The van der Waals surface area contributed by atoms with Crippen LogP contribution in [-0.2, 0) is 11.3 Å². The summed E-state index contributed by atoms with van der Waals surface area (Å²) in [5.41, 5.74) is 2.27. The monoisotopic (exact) mass is 394 g/mol. The molecule has 0 bridgehead atoms. The molecule has 0 radical (unpaired) electrons. The summed E-state index contributed by atoms with van der Waals surface area (Å²) in [7, 11) is 1.63. The van der Waals surface area contributed by atoms with Crippen molar-refractivity contribution in [2.45, 2.75) is 32.7 Å². The van der Waals surface area contributed by atoms with E-state index < -0.39 is 0 Å². The summed E-state index contributed by atoms with van der Waals surface area (Å²) in [6.07, 6.45) is 3.19. The van der Waals surface area contributed by atoms with E-state index in [-0.39, 0.29) is 17.2 Å². The van der Waals surface area contributed by atoms with Crippen LogP contribution in [0.4, 0.5) is 5.69 Å². The van der Waals surface area contributed by atoms with Crippen molar-refractivity contribution in [1.82, 2.24) is 4.90 Å². The molecule has 1 heterocycles. The molecule has 2 aromatic rings. The van der Waals surface area contributed by atoms with Crippen molar-refractivity contribution in [3.8, 4) is 11.5 Å². The molecule has 1 aliphatic carbocycles. The van der Waals surface area contributed by atoms with Gasteiger partial charge in [0.2, 0.25) is 5.91 Å². The van der Waals surface area contributed by atoms with E-state index in [4.69, 9.17) is 9.47 Å². The number of carbonyl (C=O) groups excluding carboxylic acids is 1. The van der Waals surface area contributed by atoms with E-state index in [0.29, 0.717) is 12.4 Å². The van der Waals surface area contributed by atoms with Crippen LogP contribution < -0.4 is 14.8 Å². The first-order valence-corrected chi connectivity index (χ1v) is 10.5. The number of benzene rings is 2.